The van der Waals surface area contributed by atoms with Gasteiger partial charge in [0.05, 0.1) is 23.7 Å². The van der Waals surface area contributed by atoms with Crippen molar-refractivity contribution in [2.24, 2.45) is 0 Å². The van der Waals surface area contributed by atoms with Gasteiger partial charge in [0.15, 0.2) is 0 Å². The third kappa shape index (κ3) is 3.30. The van der Waals surface area contributed by atoms with Gasteiger partial charge in [-0.2, -0.15) is 0 Å². The van der Waals surface area contributed by atoms with Crippen molar-refractivity contribution >= 4 is 18.6 Å². The summed E-state index contributed by atoms with van der Waals surface area (Å²) in [4.78, 5) is 12.1. The molecule has 0 radical (unpaired) electrons. The molecule has 2 aromatic carbocycles. The van der Waals surface area contributed by atoms with Crippen LogP contribution in [0.1, 0.15) is 51.7 Å². The Balaban J connectivity index is 1.57. The Labute approximate surface area is 173 Å². The fourth-order valence-electron chi connectivity index (χ4n) is 4.00. The quantitative estimate of drug-likeness (QED) is 0.579. The first-order chi connectivity index (χ1) is 13.6. The molecule has 152 valence electrons. The first-order valence-electron chi connectivity index (χ1n) is 10.3. The number of aryl methyl sites for hydroxylation is 1. The summed E-state index contributed by atoms with van der Waals surface area (Å²) >= 11 is 0. The van der Waals surface area contributed by atoms with E-state index in [2.05, 4.69) is 77.1 Å². The van der Waals surface area contributed by atoms with Gasteiger partial charge in [0, 0.05) is 0 Å². The highest BCUT2D eigenvalue weighted by Crippen LogP contribution is 2.49. The van der Waals surface area contributed by atoms with Gasteiger partial charge in [-0.15, -0.1) is 0 Å². The van der Waals surface area contributed by atoms with Crippen LogP contribution in [0, 0.1) is 6.92 Å². The number of carbonyl (C=O) groups is 1. The van der Waals surface area contributed by atoms with Gasteiger partial charge >= 0.3 is 13.1 Å². The Kier molecular flexibility index (Phi) is 4.67. The van der Waals surface area contributed by atoms with Crippen LogP contribution in [0.2, 0.25) is 0 Å². The predicted molar refractivity (Wildman–Crippen MR) is 115 cm³/mol. The van der Waals surface area contributed by atoms with Crippen LogP contribution in [-0.4, -0.2) is 31.4 Å². The zero-order chi connectivity index (χ0) is 21.0. The van der Waals surface area contributed by atoms with Crippen LogP contribution in [0.4, 0.5) is 0 Å². The third-order valence-electron chi connectivity index (χ3n) is 6.87. The molecular weight excluding hydrogens is 363 g/mol. The first-order valence-corrected chi connectivity index (χ1v) is 10.3. The van der Waals surface area contributed by atoms with Crippen LogP contribution in [0.15, 0.2) is 42.5 Å². The zero-order valence-electron chi connectivity index (χ0n) is 18.2. The van der Waals surface area contributed by atoms with Gasteiger partial charge in [-0.1, -0.05) is 48.0 Å². The number of methoxy groups -OCH3 is 1. The molecule has 29 heavy (non-hydrogen) atoms. The van der Waals surface area contributed by atoms with E-state index in [0.29, 0.717) is 0 Å². The van der Waals surface area contributed by atoms with E-state index in [4.69, 9.17) is 14.0 Å². The predicted octanol–water partition coefficient (Wildman–Crippen LogP) is 4.17. The minimum atomic E-state index is -0.427. The summed E-state index contributed by atoms with van der Waals surface area (Å²) < 4.78 is 17.4. The molecule has 0 unspecified atom stereocenters. The number of ether oxygens (including phenoxy) is 1. The molecule has 1 aliphatic carbocycles. The Bertz CT molecular complexity index is 926. The minimum absolute atomic E-state index is 0.132. The first kappa shape index (κ1) is 20.2. The van der Waals surface area contributed by atoms with Crippen molar-refractivity contribution in [2.75, 3.05) is 7.11 Å². The Morgan fingerprint density at radius 3 is 1.97 bits per heavy atom. The highest BCUT2D eigenvalue weighted by molar-refractivity contribution is 6.62. The molecule has 0 bridgehead atoms. The summed E-state index contributed by atoms with van der Waals surface area (Å²) in [6, 6.07) is 14.6. The monoisotopic (exact) mass is 392 g/mol. The lowest BCUT2D eigenvalue weighted by atomic mass is 9.75. The number of rotatable bonds is 4. The minimum Gasteiger partial charge on any atom is -0.468 e. The van der Waals surface area contributed by atoms with Crippen LogP contribution >= 0.6 is 0 Å². The lowest BCUT2D eigenvalue weighted by Gasteiger charge is -2.32. The van der Waals surface area contributed by atoms with Crippen molar-refractivity contribution in [3.63, 3.8) is 0 Å². The van der Waals surface area contributed by atoms with Crippen molar-refractivity contribution < 1.29 is 18.8 Å². The maximum Gasteiger partial charge on any atom is 0.495 e. The van der Waals surface area contributed by atoms with Gasteiger partial charge in [0.1, 0.15) is 0 Å². The molecule has 0 spiro atoms. The molecule has 2 aromatic rings. The van der Waals surface area contributed by atoms with E-state index >= 15 is 0 Å². The van der Waals surface area contributed by atoms with Crippen molar-refractivity contribution in [3.05, 3.63) is 53.6 Å². The van der Waals surface area contributed by atoms with Gasteiger partial charge in [-0.3, -0.25) is 4.79 Å². The van der Waals surface area contributed by atoms with Gasteiger partial charge in [-0.05, 0) is 69.6 Å². The van der Waals surface area contributed by atoms with Crippen molar-refractivity contribution in [3.8, 4) is 11.1 Å². The molecule has 4 nitrogen and oxygen atoms in total. The average Bonchev–Trinajstić information content (AvgIpc) is 3.44. The molecule has 0 amide bonds. The van der Waals surface area contributed by atoms with E-state index in [0.717, 1.165) is 40.6 Å². The van der Waals surface area contributed by atoms with Gasteiger partial charge in [-0.25, -0.2) is 0 Å². The SMILES string of the molecule is COC(=O)C1(c2ccc(-c3ccc(B4OC(C)(C)C(C)(C)O4)c(C)c3)cc2)CC1. The number of hydrogen-bond acceptors (Lipinski definition) is 4. The lowest BCUT2D eigenvalue weighted by Crippen LogP contribution is -2.41. The highest BCUT2D eigenvalue weighted by Gasteiger charge is 2.53. The summed E-state index contributed by atoms with van der Waals surface area (Å²) in [5.41, 5.74) is 4.37. The van der Waals surface area contributed by atoms with Crippen molar-refractivity contribution in [1.82, 2.24) is 0 Å². The van der Waals surface area contributed by atoms with Gasteiger partial charge in [0.25, 0.3) is 0 Å². The number of benzene rings is 2. The van der Waals surface area contributed by atoms with Crippen LogP contribution in [0.5, 0.6) is 0 Å². The normalized spacial score (nSPS) is 21.1. The van der Waals surface area contributed by atoms with Crippen LogP contribution in [0.3, 0.4) is 0 Å². The zero-order valence-corrected chi connectivity index (χ0v) is 18.2. The average molecular weight is 392 g/mol. The summed E-state index contributed by atoms with van der Waals surface area (Å²) in [5, 5.41) is 0. The molecule has 2 aliphatic rings. The molecular formula is C24H29BO4. The van der Waals surface area contributed by atoms with Gasteiger partial charge in [0.2, 0.25) is 0 Å². The molecule has 0 aromatic heterocycles. The standard InChI is InChI=1S/C24H29BO4/c1-16-15-18(9-12-20(16)25-28-22(2,3)23(4,5)29-25)17-7-10-19(11-8-17)24(13-14-24)21(26)27-6/h7-12,15H,13-14H2,1-6H3. The molecule has 0 N–H and O–H groups in total. The van der Waals surface area contributed by atoms with E-state index in [1.165, 1.54) is 7.11 Å². The molecule has 2 fully saturated rings. The third-order valence-corrected chi connectivity index (χ3v) is 6.87. The van der Waals surface area contributed by atoms with Crippen LogP contribution in [0.25, 0.3) is 11.1 Å². The molecule has 1 aliphatic heterocycles. The maximum atomic E-state index is 12.1. The maximum absolute atomic E-state index is 12.1. The molecule has 1 heterocycles. The second-order valence-corrected chi connectivity index (χ2v) is 9.31. The Hall–Kier alpha value is -2.11. The van der Waals surface area contributed by atoms with E-state index < -0.39 is 5.41 Å². The molecule has 0 atom stereocenters. The molecule has 1 saturated carbocycles. The number of hydrogen-bond donors (Lipinski definition) is 0. The van der Waals surface area contributed by atoms with Crippen LogP contribution in [-0.2, 0) is 24.3 Å². The fourth-order valence-corrected chi connectivity index (χ4v) is 4.00. The summed E-state index contributed by atoms with van der Waals surface area (Å²) in [5.74, 6) is -0.132. The number of carbonyl (C=O) groups excluding carboxylic acids is 1. The largest absolute Gasteiger partial charge is 0.495 e. The van der Waals surface area contributed by atoms with E-state index in [-0.39, 0.29) is 24.3 Å². The Morgan fingerprint density at radius 1 is 0.931 bits per heavy atom. The van der Waals surface area contributed by atoms with Crippen molar-refractivity contribution in [1.29, 1.82) is 0 Å². The summed E-state index contributed by atoms with van der Waals surface area (Å²) in [7, 11) is 1.10. The van der Waals surface area contributed by atoms with E-state index in [9.17, 15) is 4.79 Å². The second-order valence-electron chi connectivity index (χ2n) is 9.31. The second kappa shape index (κ2) is 6.71. The van der Waals surface area contributed by atoms with Crippen molar-refractivity contribution in [2.45, 2.75) is 64.1 Å². The molecule has 4 rings (SSSR count). The topological polar surface area (TPSA) is 44.8 Å². The lowest BCUT2D eigenvalue weighted by molar-refractivity contribution is -0.143. The van der Waals surface area contributed by atoms with E-state index in [1.807, 2.05) is 0 Å². The Morgan fingerprint density at radius 2 is 1.48 bits per heavy atom. The highest BCUT2D eigenvalue weighted by atomic mass is 16.7. The van der Waals surface area contributed by atoms with Crippen LogP contribution < -0.4 is 5.46 Å². The van der Waals surface area contributed by atoms with Gasteiger partial charge < -0.3 is 14.0 Å². The molecule has 5 heteroatoms. The smallest absolute Gasteiger partial charge is 0.468 e. The molecule has 1 saturated heterocycles. The fraction of sp³-hybridized carbons (Fsp3) is 0.458. The van der Waals surface area contributed by atoms with E-state index in [1.54, 1.807) is 0 Å². The summed E-state index contributed by atoms with van der Waals surface area (Å²) in [6.45, 7) is 10.4. The summed E-state index contributed by atoms with van der Waals surface area (Å²) in [6.07, 6.45) is 1.72. The number of esters is 1.